The first kappa shape index (κ1) is 23.7. The third-order valence-corrected chi connectivity index (χ3v) is 5.61. The second-order valence-corrected chi connectivity index (χ2v) is 8.75. The highest BCUT2D eigenvalue weighted by atomic mass is 35.5. The minimum atomic E-state index is -0.306. The normalized spacial score (nSPS) is 25.4. The second kappa shape index (κ2) is 10.6. The first-order valence-corrected chi connectivity index (χ1v) is 9.47. The molecule has 0 aromatic carbocycles. The molecule has 5 heteroatoms. The SMILES string of the molecule is CC1(NC=O)CCCC1.CC1(O)CCCC1.CC1([NH3+])CCCC1.[Cl-]. The van der Waals surface area contributed by atoms with E-state index in [0.29, 0.717) is 5.54 Å². The number of amides is 1. The van der Waals surface area contributed by atoms with Gasteiger partial charge in [0.2, 0.25) is 6.41 Å². The lowest BCUT2D eigenvalue weighted by atomic mass is 10.0. The number of carbonyl (C=O) groups is 1. The van der Waals surface area contributed by atoms with E-state index in [1.807, 2.05) is 6.92 Å². The number of quaternary nitrogens is 1. The molecule has 3 saturated carbocycles. The zero-order valence-corrected chi connectivity index (χ0v) is 16.8. The Bertz CT molecular complexity index is 317. The van der Waals surface area contributed by atoms with Gasteiger partial charge in [-0.05, 0) is 59.3 Å². The van der Waals surface area contributed by atoms with Crippen molar-refractivity contribution in [3.05, 3.63) is 0 Å². The fraction of sp³-hybridized carbons (Fsp3) is 0.947. The van der Waals surface area contributed by atoms with E-state index in [4.69, 9.17) is 0 Å². The van der Waals surface area contributed by atoms with E-state index < -0.39 is 0 Å². The average Bonchev–Trinajstić information content (AvgIpc) is 3.14. The topological polar surface area (TPSA) is 77.0 Å². The molecule has 0 spiro atoms. The van der Waals surface area contributed by atoms with Gasteiger partial charge in [0.05, 0.1) is 11.1 Å². The number of carbonyl (C=O) groups excluding carboxylic acids is 1. The van der Waals surface area contributed by atoms with Crippen molar-refractivity contribution < 1.29 is 28.0 Å². The number of hydrogen-bond donors (Lipinski definition) is 3. The zero-order valence-electron chi connectivity index (χ0n) is 16.0. The van der Waals surface area contributed by atoms with Gasteiger partial charge in [-0.3, -0.25) is 4.79 Å². The van der Waals surface area contributed by atoms with Crippen LogP contribution in [-0.2, 0) is 4.79 Å². The summed E-state index contributed by atoms with van der Waals surface area (Å²) < 4.78 is 0. The van der Waals surface area contributed by atoms with Crippen molar-refractivity contribution in [2.24, 2.45) is 0 Å². The summed E-state index contributed by atoms with van der Waals surface area (Å²) in [7, 11) is 0. The largest absolute Gasteiger partial charge is 1.00 e. The van der Waals surface area contributed by atoms with Crippen LogP contribution < -0.4 is 23.5 Å². The fourth-order valence-electron chi connectivity index (χ4n) is 3.81. The van der Waals surface area contributed by atoms with Crippen LogP contribution >= 0.6 is 0 Å². The predicted molar refractivity (Wildman–Crippen MR) is 94.9 cm³/mol. The number of hydrogen-bond acceptors (Lipinski definition) is 2. The summed E-state index contributed by atoms with van der Waals surface area (Å²) in [6, 6.07) is 0. The van der Waals surface area contributed by atoms with Gasteiger partial charge in [-0.2, -0.15) is 0 Å². The molecule has 24 heavy (non-hydrogen) atoms. The van der Waals surface area contributed by atoms with Crippen LogP contribution in [0.5, 0.6) is 0 Å². The lowest BCUT2D eigenvalue weighted by Gasteiger charge is -2.21. The van der Waals surface area contributed by atoms with Crippen LogP contribution in [0.15, 0.2) is 0 Å². The van der Waals surface area contributed by atoms with E-state index in [9.17, 15) is 9.90 Å². The van der Waals surface area contributed by atoms with Crippen LogP contribution in [0.1, 0.15) is 97.8 Å². The van der Waals surface area contributed by atoms with Gasteiger partial charge in [0, 0.05) is 18.4 Å². The van der Waals surface area contributed by atoms with Crippen LogP contribution in [0.2, 0.25) is 0 Å². The molecule has 0 aromatic heterocycles. The van der Waals surface area contributed by atoms with Gasteiger partial charge in [-0.25, -0.2) is 0 Å². The maximum atomic E-state index is 10.1. The minimum Gasteiger partial charge on any atom is -1.00 e. The Balaban J connectivity index is 0.000000327. The van der Waals surface area contributed by atoms with E-state index in [1.165, 1.54) is 51.4 Å². The van der Waals surface area contributed by atoms with Gasteiger partial charge in [0.1, 0.15) is 0 Å². The lowest BCUT2D eigenvalue weighted by Crippen LogP contribution is -3.00. The maximum absolute atomic E-state index is 10.1. The summed E-state index contributed by atoms with van der Waals surface area (Å²) in [6.45, 7) is 6.27. The molecule has 3 aliphatic rings. The number of halogens is 1. The van der Waals surface area contributed by atoms with E-state index >= 15 is 0 Å². The molecule has 5 N–H and O–H groups in total. The second-order valence-electron chi connectivity index (χ2n) is 8.75. The van der Waals surface area contributed by atoms with Gasteiger partial charge in [0.25, 0.3) is 0 Å². The Morgan fingerprint density at radius 3 is 1.46 bits per heavy atom. The van der Waals surface area contributed by atoms with Crippen molar-refractivity contribution >= 4 is 6.41 Å². The molecule has 0 bridgehead atoms. The van der Waals surface area contributed by atoms with Crippen LogP contribution in [-0.4, -0.2) is 28.2 Å². The van der Waals surface area contributed by atoms with Crippen LogP contribution in [0.4, 0.5) is 0 Å². The van der Waals surface area contributed by atoms with Crippen molar-refractivity contribution in [2.75, 3.05) is 0 Å². The van der Waals surface area contributed by atoms with E-state index in [-0.39, 0.29) is 23.5 Å². The molecule has 3 rings (SSSR count). The number of nitrogens with one attached hydrogen (secondary N) is 1. The molecule has 1 amide bonds. The molecule has 0 unspecified atom stereocenters. The smallest absolute Gasteiger partial charge is 0.207 e. The summed E-state index contributed by atoms with van der Waals surface area (Å²) in [6.07, 6.45) is 15.6. The molecule has 0 saturated heterocycles. The van der Waals surface area contributed by atoms with Gasteiger partial charge in [0.15, 0.2) is 0 Å². The molecule has 0 aromatic rings. The molecule has 144 valence electrons. The van der Waals surface area contributed by atoms with Crippen molar-refractivity contribution in [2.45, 2.75) is 114 Å². The Morgan fingerprint density at radius 2 is 1.21 bits per heavy atom. The first-order valence-electron chi connectivity index (χ1n) is 9.47. The monoisotopic (exact) mass is 362 g/mol. The summed E-state index contributed by atoms with van der Waals surface area (Å²) in [5.74, 6) is 0. The van der Waals surface area contributed by atoms with Gasteiger partial charge < -0.3 is 28.6 Å². The molecule has 3 aliphatic carbocycles. The standard InChI is InChI=1S/C7H13NO.C6H13N.C6H12O.ClH/c1-7(8-6-9)4-2-3-5-7;2*1-6(7)4-2-3-5-6;/h6H,2-5H2,1H3,(H,8,9);2-5,7H2,1H3;7H,2-5H2,1H3;1H. The molecule has 0 atom stereocenters. The van der Waals surface area contributed by atoms with Crippen LogP contribution in [0.25, 0.3) is 0 Å². The van der Waals surface area contributed by atoms with Crippen LogP contribution in [0.3, 0.4) is 0 Å². The van der Waals surface area contributed by atoms with E-state index in [0.717, 1.165) is 32.1 Å². The third kappa shape index (κ3) is 9.85. The Hall–Kier alpha value is -0.320. The molecule has 0 radical (unpaired) electrons. The molecular weight excluding hydrogens is 324 g/mol. The third-order valence-electron chi connectivity index (χ3n) is 5.61. The highest BCUT2D eigenvalue weighted by molar-refractivity contribution is 5.47. The van der Waals surface area contributed by atoms with Gasteiger partial charge in [-0.1, -0.05) is 25.7 Å². The Labute approximate surface area is 154 Å². The predicted octanol–water partition coefficient (Wildman–Crippen LogP) is -0.0585. The zero-order chi connectivity index (χ0) is 17.4. The maximum Gasteiger partial charge on any atom is 0.207 e. The van der Waals surface area contributed by atoms with Crippen molar-refractivity contribution in [1.29, 1.82) is 0 Å². The quantitative estimate of drug-likeness (QED) is 0.602. The van der Waals surface area contributed by atoms with E-state index in [1.54, 1.807) is 0 Å². The average molecular weight is 363 g/mol. The van der Waals surface area contributed by atoms with Crippen LogP contribution in [0, 0.1) is 0 Å². The molecule has 3 fully saturated rings. The van der Waals surface area contributed by atoms with Gasteiger partial charge in [-0.15, -0.1) is 0 Å². The van der Waals surface area contributed by atoms with Crippen molar-refractivity contribution in [3.63, 3.8) is 0 Å². The van der Waals surface area contributed by atoms with E-state index in [2.05, 4.69) is 24.9 Å². The molecule has 0 aliphatic heterocycles. The summed E-state index contributed by atoms with van der Waals surface area (Å²) >= 11 is 0. The van der Waals surface area contributed by atoms with Crippen molar-refractivity contribution in [1.82, 2.24) is 5.32 Å². The first-order chi connectivity index (χ1) is 10.7. The Morgan fingerprint density at radius 1 is 0.833 bits per heavy atom. The highest BCUT2D eigenvalue weighted by Gasteiger charge is 2.27. The lowest BCUT2D eigenvalue weighted by molar-refractivity contribution is -0.469. The van der Waals surface area contributed by atoms with Gasteiger partial charge >= 0.3 is 0 Å². The summed E-state index contributed by atoms with van der Waals surface area (Å²) in [5, 5.41) is 12.0. The number of aliphatic hydroxyl groups is 1. The summed E-state index contributed by atoms with van der Waals surface area (Å²) in [5.41, 5.74) is 4.34. The van der Waals surface area contributed by atoms with Crippen molar-refractivity contribution in [3.8, 4) is 0 Å². The fourth-order valence-corrected chi connectivity index (χ4v) is 3.81. The number of rotatable bonds is 2. The molecule has 4 nitrogen and oxygen atoms in total. The molecule has 0 heterocycles. The summed E-state index contributed by atoms with van der Waals surface area (Å²) in [4.78, 5) is 10.1. The Kier molecular flexibility index (Phi) is 10.5. The minimum absolute atomic E-state index is 0. The molecular formula is C19H39ClN2O2. The highest BCUT2D eigenvalue weighted by Crippen LogP contribution is 2.28.